The smallest absolute Gasteiger partial charge is 0.253 e. The van der Waals surface area contributed by atoms with Crippen molar-refractivity contribution in [2.45, 2.75) is 39.7 Å². The van der Waals surface area contributed by atoms with E-state index < -0.39 is 0 Å². The Morgan fingerprint density at radius 3 is 2.52 bits per heavy atom. The first-order valence-corrected chi connectivity index (χ1v) is 8.26. The predicted molar refractivity (Wildman–Crippen MR) is 93.5 cm³/mol. The monoisotopic (exact) mass is 319 g/mol. The molecule has 0 saturated carbocycles. The summed E-state index contributed by atoms with van der Waals surface area (Å²) in [4.78, 5) is 26.1. The van der Waals surface area contributed by atoms with Crippen molar-refractivity contribution < 1.29 is 9.59 Å². The van der Waals surface area contributed by atoms with E-state index in [-0.39, 0.29) is 17.9 Å². The lowest BCUT2D eigenvalue weighted by atomic mass is 10.0. The van der Waals surface area contributed by atoms with Crippen LogP contribution in [0.2, 0.25) is 0 Å². The zero-order valence-electron chi connectivity index (χ0n) is 14.6. The number of nitrogens with zero attached hydrogens (tertiary/aromatic N) is 1. The third kappa shape index (κ3) is 6.02. The summed E-state index contributed by atoms with van der Waals surface area (Å²) in [7, 11) is 1.76. The van der Waals surface area contributed by atoms with Gasteiger partial charge >= 0.3 is 0 Å². The summed E-state index contributed by atoms with van der Waals surface area (Å²) in [5.74, 6) is 0.154. The third-order valence-corrected chi connectivity index (χ3v) is 3.91. The SMILES string of the molecule is CCCNC(=O)c1cccc(C(=O)N(C)CCC(N)C(C)C)c1. The van der Waals surface area contributed by atoms with Crippen LogP contribution in [0.25, 0.3) is 0 Å². The van der Waals surface area contributed by atoms with Gasteiger partial charge in [-0.15, -0.1) is 0 Å². The highest BCUT2D eigenvalue weighted by Crippen LogP contribution is 2.10. The van der Waals surface area contributed by atoms with Crippen LogP contribution in [0.15, 0.2) is 24.3 Å². The number of hydrogen-bond donors (Lipinski definition) is 2. The minimum atomic E-state index is -0.147. The Morgan fingerprint density at radius 1 is 1.26 bits per heavy atom. The molecule has 0 bridgehead atoms. The van der Waals surface area contributed by atoms with Crippen molar-refractivity contribution in [2.75, 3.05) is 20.1 Å². The molecule has 128 valence electrons. The first kappa shape index (κ1) is 19.2. The van der Waals surface area contributed by atoms with E-state index in [1.807, 2.05) is 6.92 Å². The van der Waals surface area contributed by atoms with Gasteiger partial charge in [-0.25, -0.2) is 0 Å². The van der Waals surface area contributed by atoms with Gasteiger partial charge in [0.2, 0.25) is 0 Å². The van der Waals surface area contributed by atoms with Crippen molar-refractivity contribution in [3.63, 3.8) is 0 Å². The average Bonchev–Trinajstić information content (AvgIpc) is 2.56. The van der Waals surface area contributed by atoms with E-state index in [0.29, 0.717) is 30.1 Å². The maximum Gasteiger partial charge on any atom is 0.253 e. The van der Waals surface area contributed by atoms with Crippen LogP contribution in [0.4, 0.5) is 0 Å². The minimum absolute atomic E-state index is 0.0800. The highest BCUT2D eigenvalue weighted by molar-refractivity contribution is 5.99. The molecule has 1 aromatic rings. The van der Waals surface area contributed by atoms with Crippen molar-refractivity contribution in [3.05, 3.63) is 35.4 Å². The van der Waals surface area contributed by atoms with Crippen LogP contribution in [0, 0.1) is 5.92 Å². The van der Waals surface area contributed by atoms with E-state index in [4.69, 9.17) is 5.73 Å². The number of hydrogen-bond acceptors (Lipinski definition) is 3. The Balaban J connectivity index is 2.70. The number of carbonyl (C=O) groups excluding carboxylic acids is 2. The summed E-state index contributed by atoms with van der Waals surface area (Å²) >= 11 is 0. The van der Waals surface area contributed by atoms with Gasteiger partial charge in [-0.2, -0.15) is 0 Å². The van der Waals surface area contributed by atoms with Crippen molar-refractivity contribution in [1.82, 2.24) is 10.2 Å². The number of carbonyl (C=O) groups is 2. The fourth-order valence-electron chi connectivity index (χ4n) is 2.13. The van der Waals surface area contributed by atoms with Crippen LogP contribution in [-0.2, 0) is 0 Å². The average molecular weight is 319 g/mol. The largest absolute Gasteiger partial charge is 0.352 e. The lowest BCUT2D eigenvalue weighted by molar-refractivity contribution is 0.0789. The maximum atomic E-state index is 12.5. The summed E-state index contributed by atoms with van der Waals surface area (Å²) < 4.78 is 0. The fraction of sp³-hybridized carbons (Fsp3) is 0.556. The highest BCUT2D eigenvalue weighted by atomic mass is 16.2. The molecule has 0 fully saturated rings. The number of benzene rings is 1. The van der Waals surface area contributed by atoms with Crippen molar-refractivity contribution in [2.24, 2.45) is 11.7 Å². The molecule has 1 unspecified atom stereocenters. The Bertz CT molecular complexity index is 529. The number of nitrogens with one attached hydrogen (secondary N) is 1. The minimum Gasteiger partial charge on any atom is -0.352 e. The maximum absolute atomic E-state index is 12.5. The summed E-state index contributed by atoms with van der Waals surface area (Å²) in [6, 6.07) is 6.92. The molecule has 0 heterocycles. The van der Waals surface area contributed by atoms with Gasteiger partial charge in [0.25, 0.3) is 11.8 Å². The second-order valence-corrected chi connectivity index (χ2v) is 6.26. The first-order valence-electron chi connectivity index (χ1n) is 8.26. The molecule has 0 aliphatic rings. The molecule has 0 aliphatic heterocycles. The molecule has 1 atom stereocenters. The van der Waals surface area contributed by atoms with Crippen LogP contribution in [0.5, 0.6) is 0 Å². The van der Waals surface area contributed by atoms with Gasteiger partial charge in [-0.3, -0.25) is 9.59 Å². The van der Waals surface area contributed by atoms with E-state index in [1.54, 1.807) is 36.2 Å². The van der Waals surface area contributed by atoms with Gasteiger partial charge in [0.1, 0.15) is 0 Å². The Hall–Kier alpha value is -1.88. The second-order valence-electron chi connectivity index (χ2n) is 6.26. The third-order valence-electron chi connectivity index (χ3n) is 3.91. The molecular weight excluding hydrogens is 290 g/mol. The quantitative estimate of drug-likeness (QED) is 0.772. The second kappa shape index (κ2) is 9.30. The Labute approximate surface area is 139 Å². The molecule has 3 N–H and O–H groups in total. The standard InChI is InChI=1S/C18H29N3O2/c1-5-10-20-17(22)14-7-6-8-15(12-14)18(23)21(4)11-9-16(19)13(2)3/h6-8,12-13,16H,5,9-11,19H2,1-4H3,(H,20,22). The molecule has 1 aromatic carbocycles. The van der Waals surface area contributed by atoms with Gasteiger partial charge in [0, 0.05) is 37.3 Å². The van der Waals surface area contributed by atoms with E-state index in [1.165, 1.54) is 0 Å². The fourth-order valence-corrected chi connectivity index (χ4v) is 2.13. The van der Waals surface area contributed by atoms with Gasteiger partial charge in [-0.05, 0) is 37.0 Å². The van der Waals surface area contributed by atoms with E-state index in [0.717, 1.165) is 12.8 Å². The molecular formula is C18H29N3O2. The van der Waals surface area contributed by atoms with Gasteiger partial charge < -0.3 is 16.0 Å². The van der Waals surface area contributed by atoms with Crippen LogP contribution in [0.1, 0.15) is 54.3 Å². The number of amides is 2. The summed E-state index contributed by atoms with van der Waals surface area (Å²) in [5, 5.41) is 2.82. The van der Waals surface area contributed by atoms with Crippen LogP contribution in [0.3, 0.4) is 0 Å². The molecule has 1 rings (SSSR count). The van der Waals surface area contributed by atoms with Gasteiger partial charge in [0.15, 0.2) is 0 Å². The zero-order valence-corrected chi connectivity index (χ0v) is 14.6. The molecule has 0 spiro atoms. The molecule has 0 aromatic heterocycles. The summed E-state index contributed by atoms with van der Waals surface area (Å²) in [6.45, 7) is 7.38. The first-order chi connectivity index (χ1) is 10.9. The highest BCUT2D eigenvalue weighted by Gasteiger charge is 2.16. The van der Waals surface area contributed by atoms with Crippen molar-refractivity contribution in [1.29, 1.82) is 0 Å². The molecule has 5 heteroatoms. The number of nitrogens with two attached hydrogens (primary N) is 1. The normalized spacial score (nSPS) is 12.1. The predicted octanol–water partition coefficient (Wildman–Crippen LogP) is 2.27. The molecule has 2 amide bonds. The zero-order chi connectivity index (χ0) is 17.4. The molecule has 23 heavy (non-hydrogen) atoms. The van der Waals surface area contributed by atoms with Crippen LogP contribution >= 0.6 is 0 Å². The summed E-state index contributed by atoms with van der Waals surface area (Å²) in [6.07, 6.45) is 1.64. The summed E-state index contributed by atoms with van der Waals surface area (Å²) in [5.41, 5.74) is 7.06. The van der Waals surface area contributed by atoms with Crippen molar-refractivity contribution in [3.8, 4) is 0 Å². The van der Waals surface area contributed by atoms with E-state index in [9.17, 15) is 9.59 Å². The lowest BCUT2D eigenvalue weighted by Crippen LogP contribution is -2.34. The van der Waals surface area contributed by atoms with Gasteiger partial charge in [-0.1, -0.05) is 26.8 Å². The Kier molecular flexibility index (Phi) is 7.75. The van der Waals surface area contributed by atoms with Gasteiger partial charge in [0.05, 0.1) is 0 Å². The Morgan fingerprint density at radius 2 is 1.91 bits per heavy atom. The van der Waals surface area contributed by atoms with E-state index >= 15 is 0 Å². The molecule has 0 radical (unpaired) electrons. The van der Waals surface area contributed by atoms with E-state index in [2.05, 4.69) is 19.2 Å². The molecule has 5 nitrogen and oxygen atoms in total. The molecule has 0 aliphatic carbocycles. The van der Waals surface area contributed by atoms with Crippen molar-refractivity contribution >= 4 is 11.8 Å². The molecule has 0 saturated heterocycles. The van der Waals surface area contributed by atoms with Crippen LogP contribution in [-0.4, -0.2) is 42.9 Å². The number of rotatable bonds is 8. The topological polar surface area (TPSA) is 75.4 Å². The van der Waals surface area contributed by atoms with Crippen LogP contribution < -0.4 is 11.1 Å². The lowest BCUT2D eigenvalue weighted by Gasteiger charge is -2.21.